The van der Waals surface area contributed by atoms with Crippen LogP contribution in [0.5, 0.6) is 0 Å². The molecule has 0 aromatic carbocycles. The summed E-state index contributed by atoms with van der Waals surface area (Å²) in [7, 11) is 0. The van der Waals surface area contributed by atoms with Gasteiger partial charge >= 0.3 is 0 Å². The van der Waals surface area contributed by atoms with Crippen LogP contribution in [0, 0.1) is 13.8 Å². The molecule has 1 N–H and O–H groups in total. The molecule has 0 aliphatic carbocycles. The lowest BCUT2D eigenvalue weighted by atomic mass is 10.3. The Balaban J connectivity index is 3.15. The minimum Gasteiger partial charge on any atom is -0.355 e. The van der Waals surface area contributed by atoms with Crippen molar-refractivity contribution < 1.29 is 4.79 Å². The van der Waals surface area contributed by atoms with Gasteiger partial charge in [0.2, 0.25) is 0 Å². The molecule has 0 unspecified atom stereocenters. The average molecular weight is 158 g/mol. The van der Waals surface area contributed by atoms with Gasteiger partial charge in [-0.3, -0.25) is 4.79 Å². The number of aromatic amines is 1. The van der Waals surface area contributed by atoms with Crippen LogP contribution in [0.15, 0.2) is 6.07 Å². The van der Waals surface area contributed by atoms with Crippen LogP contribution in [0.25, 0.3) is 0 Å². The van der Waals surface area contributed by atoms with E-state index in [-0.39, 0.29) is 0 Å². The normalized spacial score (nSPS) is 9.90. The van der Waals surface area contributed by atoms with Gasteiger partial charge in [-0.25, -0.2) is 0 Å². The van der Waals surface area contributed by atoms with Crippen LogP contribution in [-0.4, -0.2) is 10.2 Å². The highest BCUT2D eigenvalue weighted by Crippen LogP contribution is 2.10. The number of nitrogens with one attached hydrogen (secondary N) is 1. The maximum absolute atomic E-state index is 10.6. The molecule has 0 spiro atoms. The number of carbonyl (C=O) groups is 1. The molecule has 0 atom stereocenters. The molecule has 54 valence electrons. The van der Waals surface area contributed by atoms with Crippen LogP contribution >= 0.6 is 11.6 Å². The van der Waals surface area contributed by atoms with Crippen LogP contribution in [0.3, 0.4) is 0 Å². The van der Waals surface area contributed by atoms with Crippen molar-refractivity contribution in [3.05, 3.63) is 23.0 Å². The Kier molecular flexibility index (Phi) is 1.81. The van der Waals surface area contributed by atoms with Gasteiger partial charge in [0.1, 0.15) is 5.69 Å². The first-order chi connectivity index (χ1) is 4.61. The fourth-order valence-corrected chi connectivity index (χ4v) is 1.13. The zero-order chi connectivity index (χ0) is 7.72. The molecule has 0 radical (unpaired) electrons. The molecule has 0 bridgehead atoms. The van der Waals surface area contributed by atoms with Crippen molar-refractivity contribution in [2.24, 2.45) is 0 Å². The maximum Gasteiger partial charge on any atom is 0.268 e. The molecule has 0 amide bonds. The minimum absolute atomic E-state index is 0.425. The molecule has 3 heteroatoms. The van der Waals surface area contributed by atoms with Crippen molar-refractivity contribution in [2.45, 2.75) is 13.8 Å². The fraction of sp³-hybridized carbons (Fsp3) is 0.286. The number of carbonyl (C=O) groups excluding carboxylic acids is 1. The van der Waals surface area contributed by atoms with Gasteiger partial charge < -0.3 is 4.98 Å². The highest BCUT2D eigenvalue weighted by Gasteiger charge is 2.07. The zero-order valence-corrected chi connectivity index (χ0v) is 6.62. The van der Waals surface area contributed by atoms with Gasteiger partial charge in [-0.1, -0.05) is 0 Å². The van der Waals surface area contributed by atoms with Crippen molar-refractivity contribution in [1.82, 2.24) is 4.98 Å². The summed E-state index contributed by atoms with van der Waals surface area (Å²) in [6, 6.07) is 1.88. The first-order valence-electron chi connectivity index (χ1n) is 2.97. The average Bonchev–Trinajstić information content (AvgIpc) is 2.10. The van der Waals surface area contributed by atoms with Gasteiger partial charge in [-0.2, -0.15) is 0 Å². The number of hydrogen-bond acceptors (Lipinski definition) is 1. The van der Waals surface area contributed by atoms with Gasteiger partial charge in [0.15, 0.2) is 0 Å². The summed E-state index contributed by atoms with van der Waals surface area (Å²) in [6.07, 6.45) is 0. The molecule has 0 saturated carbocycles. The van der Waals surface area contributed by atoms with Crippen LogP contribution in [-0.2, 0) is 0 Å². The number of rotatable bonds is 1. The van der Waals surface area contributed by atoms with Crippen molar-refractivity contribution in [3.8, 4) is 0 Å². The summed E-state index contributed by atoms with van der Waals surface area (Å²) in [5.41, 5.74) is 2.36. The van der Waals surface area contributed by atoms with E-state index in [9.17, 15) is 4.79 Å². The molecule has 0 saturated heterocycles. The Morgan fingerprint density at radius 1 is 1.60 bits per heavy atom. The Labute approximate surface area is 64.2 Å². The number of halogens is 1. The molecule has 1 rings (SSSR count). The second-order valence-electron chi connectivity index (χ2n) is 2.28. The first-order valence-corrected chi connectivity index (χ1v) is 3.35. The monoisotopic (exact) mass is 157 g/mol. The van der Waals surface area contributed by atoms with Gasteiger partial charge in [-0.15, -0.1) is 0 Å². The summed E-state index contributed by atoms with van der Waals surface area (Å²) < 4.78 is 0. The smallest absolute Gasteiger partial charge is 0.268 e. The van der Waals surface area contributed by atoms with E-state index in [0.717, 1.165) is 11.3 Å². The van der Waals surface area contributed by atoms with Crippen LogP contribution in [0.2, 0.25) is 0 Å². The Hall–Kier alpha value is -0.760. The third-order valence-electron chi connectivity index (χ3n) is 1.35. The summed E-state index contributed by atoms with van der Waals surface area (Å²) in [5.74, 6) is 0. The molecule has 0 aliphatic heterocycles. The molecule has 0 aliphatic rings. The third kappa shape index (κ3) is 1.21. The van der Waals surface area contributed by atoms with E-state index in [1.807, 2.05) is 19.9 Å². The van der Waals surface area contributed by atoms with Gasteiger partial charge in [0.25, 0.3) is 5.24 Å². The van der Waals surface area contributed by atoms with E-state index in [2.05, 4.69) is 4.98 Å². The number of aryl methyl sites for hydroxylation is 2. The topological polar surface area (TPSA) is 32.9 Å². The van der Waals surface area contributed by atoms with E-state index in [1.54, 1.807) is 0 Å². The van der Waals surface area contributed by atoms with Crippen LogP contribution in [0.1, 0.15) is 21.7 Å². The van der Waals surface area contributed by atoms with Crippen molar-refractivity contribution in [2.75, 3.05) is 0 Å². The Bertz CT molecular complexity index is 265. The van der Waals surface area contributed by atoms with Gasteiger partial charge in [0.05, 0.1) is 0 Å². The predicted molar refractivity (Wildman–Crippen MR) is 40.5 cm³/mol. The predicted octanol–water partition coefficient (Wildman–Crippen LogP) is 2.01. The third-order valence-corrected chi connectivity index (χ3v) is 1.54. The lowest BCUT2D eigenvalue weighted by Gasteiger charge is -1.87. The summed E-state index contributed by atoms with van der Waals surface area (Å²) >= 11 is 5.25. The molecular weight excluding hydrogens is 150 g/mol. The molecule has 1 aromatic rings. The highest BCUT2D eigenvalue weighted by atomic mass is 35.5. The van der Waals surface area contributed by atoms with E-state index in [4.69, 9.17) is 11.6 Å². The standard InChI is InChI=1S/C7H8ClNO/c1-4-3-5(2)9-6(4)7(8)10/h3,9H,1-2H3. The number of hydrogen-bond donors (Lipinski definition) is 1. The molecule has 1 aromatic heterocycles. The van der Waals surface area contributed by atoms with Gasteiger partial charge in [0, 0.05) is 5.69 Å². The summed E-state index contributed by atoms with van der Waals surface area (Å²) in [6.45, 7) is 3.73. The second-order valence-corrected chi connectivity index (χ2v) is 2.63. The molecule has 1 heterocycles. The van der Waals surface area contributed by atoms with Gasteiger partial charge in [-0.05, 0) is 37.1 Å². The molecule has 2 nitrogen and oxygen atoms in total. The fourth-order valence-electron chi connectivity index (χ4n) is 0.933. The zero-order valence-electron chi connectivity index (χ0n) is 5.86. The SMILES string of the molecule is Cc1cc(C)c(C(=O)Cl)[nH]1. The number of aromatic nitrogens is 1. The summed E-state index contributed by atoms with van der Waals surface area (Å²) in [5, 5.41) is -0.425. The van der Waals surface area contributed by atoms with E-state index in [0.29, 0.717) is 5.69 Å². The largest absolute Gasteiger partial charge is 0.355 e. The molecule has 0 fully saturated rings. The lowest BCUT2D eigenvalue weighted by molar-refractivity contribution is 0.107. The lowest BCUT2D eigenvalue weighted by Crippen LogP contribution is -1.90. The van der Waals surface area contributed by atoms with Crippen molar-refractivity contribution >= 4 is 16.8 Å². The van der Waals surface area contributed by atoms with Crippen molar-refractivity contribution in [3.63, 3.8) is 0 Å². The van der Waals surface area contributed by atoms with E-state index < -0.39 is 5.24 Å². The van der Waals surface area contributed by atoms with Crippen molar-refractivity contribution in [1.29, 1.82) is 0 Å². The van der Waals surface area contributed by atoms with Crippen LogP contribution < -0.4 is 0 Å². The number of H-pyrrole nitrogens is 1. The first kappa shape index (κ1) is 7.35. The summed E-state index contributed by atoms with van der Waals surface area (Å²) in [4.78, 5) is 13.5. The van der Waals surface area contributed by atoms with E-state index in [1.165, 1.54) is 0 Å². The Morgan fingerprint density at radius 3 is 2.40 bits per heavy atom. The minimum atomic E-state index is -0.425. The quantitative estimate of drug-likeness (QED) is 0.622. The molecule has 10 heavy (non-hydrogen) atoms. The van der Waals surface area contributed by atoms with Crippen LogP contribution in [0.4, 0.5) is 0 Å². The maximum atomic E-state index is 10.6. The Morgan fingerprint density at radius 2 is 2.20 bits per heavy atom. The highest BCUT2D eigenvalue weighted by molar-refractivity contribution is 6.67. The second kappa shape index (κ2) is 2.46. The van der Waals surface area contributed by atoms with E-state index >= 15 is 0 Å². The molecular formula is C7H8ClNO.